The number of benzene rings is 1. The Bertz CT molecular complexity index is 1410. The molecular weight excluding hydrogens is 476 g/mol. The van der Waals surface area contributed by atoms with Crippen molar-refractivity contribution in [3.8, 4) is 11.3 Å². The first-order valence-corrected chi connectivity index (χ1v) is 12.4. The first-order chi connectivity index (χ1) is 16.4. The van der Waals surface area contributed by atoms with Crippen LogP contribution in [-0.4, -0.2) is 36.4 Å². The molecule has 2 aromatic heterocycles. The number of anilines is 2. The number of pyridine rings is 2. The second kappa shape index (κ2) is 8.88. The van der Waals surface area contributed by atoms with Crippen LogP contribution in [0.15, 0.2) is 53.6 Å². The van der Waals surface area contributed by atoms with Crippen LogP contribution in [-0.2, 0) is 10.0 Å². The summed E-state index contributed by atoms with van der Waals surface area (Å²) in [6.07, 6.45) is 0.816. The van der Waals surface area contributed by atoms with E-state index in [9.17, 15) is 22.0 Å². The third-order valence-corrected chi connectivity index (χ3v) is 7.75. The van der Waals surface area contributed by atoms with Gasteiger partial charge in [0.2, 0.25) is 0 Å². The summed E-state index contributed by atoms with van der Waals surface area (Å²) >= 11 is 0. The molecule has 1 saturated heterocycles. The Kier molecular flexibility index (Phi) is 6.22. The Morgan fingerprint density at radius 1 is 1.14 bits per heavy atom. The largest absolute Gasteiger partial charge is 0.384 e. The second-order valence-electron chi connectivity index (χ2n) is 9.02. The molecule has 0 saturated carbocycles. The fourth-order valence-electron chi connectivity index (χ4n) is 4.10. The molecule has 0 radical (unpaired) electrons. The van der Waals surface area contributed by atoms with Crippen LogP contribution in [0.5, 0.6) is 0 Å². The van der Waals surface area contributed by atoms with Crippen molar-refractivity contribution < 1.29 is 22.0 Å². The zero-order valence-corrected chi connectivity index (χ0v) is 20.2. The highest BCUT2D eigenvalue weighted by Crippen LogP contribution is 2.39. The molecule has 4 rings (SSSR count). The third-order valence-electron chi connectivity index (χ3n) is 6.52. The number of carbonyl (C=O) groups is 1. The second-order valence-corrected chi connectivity index (χ2v) is 10.7. The number of sulfonamides is 1. The molecule has 1 amide bonds. The Hall–Kier alpha value is -3.60. The van der Waals surface area contributed by atoms with Crippen LogP contribution in [0.25, 0.3) is 11.3 Å². The average Bonchev–Trinajstić information content (AvgIpc) is 3.05. The maximum Gasteiger partial charge on any atom is 0.281 e. The molecule has 1 aliphatic heterocycles. The predicted octanol–water partition coefficient (Wildman–Crippen LogP) is 3.75. The summed E-state index contributed by atoms with van der Waals surface area (Å²) < 4.78 is 55.5. The van der Waals surface area contributed by atoms with Gasteiger partial charge in [-0.15, -0.1) is 0 Å². The molecule has 8 nitrogen and oxygen atoms in total. The van der Waals surface area contributed by atoms with Crippen molar-refractivity contribution in [2.24, 2.45) is 5.92 Å². The lowest BCUT2D eigenvalue weighted by molar-refractivity contribution is 0.0981. The number of nitrogens with one attached hydrogen (secondary N) is 1. The number of rotatable bonds is 5. The summed E-state index contributed by atoms with van der Waals surface area (Å²) in [5.41, 5.74) is 5.39. The quantitative estimate of drug-likeness (QED) is 0.547. The van der Waals surface area contributed by atoms with Crippen molar-refractivity contribution in [2.75, 3.05) is 17.2 Å². The van der Waals surface area contributed by atoms with E-state index in [1.54, 1.807) is 0 Å². The van der Waals surface area contributed by atoms with Gasteiger partial charge < -0.3 is 10.6 Å². The van der Waals surface area contributed by atoms with E-state index in [0.29, 0.717) is 6.54 Å². The maximum atomic E-state index is 14.5. The van der Waals surface area contributed by atoms with Gasteiger partial charge in [0, 0.05) is 23.7 Å². The average molecular weight is 502 g/mol. The van der Waals surface area contributed by atoms with E-state index in [1.165, 1.54) is 36.4 Å². The molecule has 3 aromatic rings. The van der Waals surface area contributed by atoms with Gasteiger partial charge in [-0.1, -0.05) is 13.0 Å². The minimum atomic E-state index is -4.32. The van der Waals surface area contributed by atoms with Crippen molar-refractivity contribution in [3.05, 3.63) is 65.7 Å². The zero-order valence-electron chi connectivity index (χ0n) is 19.4. The normalized spacial score (nSPS) is 17.4. The molecule has 184 valence electrons. The Labute approximate surface area is 202 Å². The first kappa shape index (κ1) is 24.5. The summed E-state index contributed by atoms with van der Waals surface area (Å²) in [5, 5.41) is -0.402. The molecule has 1 aliphatic rings. The third kappa shape index (κ3) is 4.68. The fraction of sp³-hybridized carbons (Fsp3) is 0.292. The monoisotopic (exact) mass is 501 g/mol. The van der Waals surface area contributed by atoms with Gasteiger partial charge >= 0.3 is 0 Å². The summed E-state index contributed by atoms with van der Waals surface area (Å²) in [5.74, 6) is -2.01. The summed E-state index contributed by atoms with van der Waals surface area (Å²) in [7, 11) is -4.32. The maximum absolute atomic E-state index is 14.5. The lowest BCUT2D eigenvalue weighted by atomic mass is 9.90. The van der Waals surface area contributed by atoms with Gasteiger partial charge in [0.1, 0.15) is 23.3 Å². The summed E-state index contributed by atoms with van der Waals surface area (Å²) in [4.78, 5) is 23.4. The molecule has 0 spiro atoms. The van der Waals surface area contributed by atoms with Crippen LogP contribution in [0.2, 0.25) is 0 Å². The number of hydrogen-bond donors (Lipinski definition) is 2. The highest BCUT2D eigenvalue weighted by atomic mass is 32.2. The minimum absolute atomic E-state index is 0.00840. The number of amides is 1. The van der Waals surface area contributed by atoms with Crippen LogP contribution in [0.3, 0.4) is 0 Å². The molecule has 35 heavy (non-hydrogen) atoms. The highest BCUT2D eigenvalue weighted by Gasteiger charge is 2.41. The van der Waals surface area contributed by atoms with Gasteiger partial charge in [-0.2, -0.15) is 8.42 Å². The lowest BCUT2D eigenvalue weighted by Crippen LogP contribution is -2.43. The Morgan fingerprint density at radius 3 is 2.51 bits per heavy atom. The van der Waals surface area contributed by atoms with E-state index < -0.39 is 38.1 Å². The van der Waals surface area contributed by atoms with Crippen LogP contribution in [0, 0.1) is 17.6 Å². The van der Waals surface area contributed by atoms with E-state index in [-0.39, 0.29) is 34.4 Å². The molecule has 1 unspecified atom stereocenters. The summed E-state index contributed by atoms with van der Waals surface area (Å²) in [6.45, 7) is 6.61. The summed E-state index contributed by atoms with van der Waals surface area (Å²) in [6, 6.07) is 9.98. The van der Waals surface area contributed by atoms with Gasteiger partial charge in [-0.3, -0.25) is 4.79 Å². The van der Waals surface area contributed by atoms with Gasteiger partial charge in [0.05, 0.1) is 11.3 Å². The zero-order chi connectivity index (χ0) is 25.5. The van der Waals surface area contributed by atoms with E-state index >= 15 is 0 Å². The number of hydrogen-bond acceptors (Lipinski definition) is 7. The Morgan fingerprint density at radius 2 is 1.89 bits per heavy atom. The van der Waals surface area contributed by atoms with Crippen LogP contribution >= 0.6 is 0 Å². The van der Waals surface area contributed by atoms with Gasteiger partial charge in [0.15, 0.2) is 5.03 Å². The van der Waals surface area contributed by atoms with E-state index in [4.69, 9.17) is 5.73 Å². The van der Waals surface area contributed by atoms with Gasteiger partial charge in [-0.25, -0.2) is 23.5 Å². The number of carbonyl (C=O) groups excluding carboxylic acids is 1. The number of nitrogen functional groups attached to an aromatic ring is 1. The highest BCUT2D eigenvalue weighted by molar-refractivity contribution is 7.90. The molecular formula is C24H25F2N5O3S. The van der Waals surface area contributed by atoms with Crippen molar-refractivity contribution >= 4 is 27.6 Å². The SMILES string of the molecule is CC1CCN(c2nc(-c3ccc(F)cc3F)ccc2C(=O)NS(=O)(=O)c2cccc(N)n2)C1(C)C. The minimum Gasteiger partial charge on any atom is -0.384 e. The topological polar surface area (TPSA) is 118 Å². The van der Waals surface area contributed by atoms with E-state index in [2.05, 4.69) is 16.9 Å². The number of nitrogens with zero attached hydrogens (tertiary/aromatic N) is 3. The molecule has 11 heteroatoms. The van der Waals surface area contributed by atoms with Crippen molar-refractivity contribution in [2.45, 2.75) is 37.8 Å². The van der Waals surface area contributed by atoms with Crippen LogP contribution in [0.4, 0.5) is 20.4 Å². The van der Waals surface area contributed by atoms with E-state index in [0.717, 1.165) is 18.6 Å². The number of nitrogens with two attached hydrogens (primary N) is 1. The smallest absolute Gasteiger partial charge is 0.281 e. The lowest BCUT2D eigenvalue weighted by Gasteiger charge is -2.36. The van der Waals surface area contributed by atoms with Crippen LogP contribution in [0.1, 0.15) is 37.6 Å². The van der Waals surface area contributed by atoms with Crippen LogP contribution < -0.4 is 15.4 Å². The molecule has 1 atom stereocenters. The molecule has 1 aromatic carbocycles. The first-order valence-electron chi connectivity index (χ1n) is 10.9. The van der Waals surface area contributed by atoms with Gasteiger partial charge in [-0.05, 0) is 62.6 Å². The molecule has 3 N–H and O–H groups in total. The van der Waals surface area contributed by atoms with Crippen molar-refractivity contribution in [3.63, 3.8) is 0 Å². The van der Waals surface area contributed by atoms with Crippen molar-refractivity contribution in [1.29, 1.82) is 0 Å². The number of halogens is 2. The van der Waals surface area contributed by atoms with Crippen molar-refractivity contribution in [1.82, 2.24) is 14.7 Å². The fourth-order valence-corrected chi connectivity index (χ4v) is 5.04. The standard InChI is InChI=1S/C24H25F2N5O3S/c1-14-11-12-31(24(14,2)3)22-17(9-10-19(28-22)16-8-7-15(25)13-18(16)26)23(32)30-35(33,34)21-6-4-5-20(27)29-21/h4-10,13-14H,11-12H2,1-3H3,(H2,27,29)(H,30,32). The molecule has 1 fully saturated rings. The number of aromatic nitrogens is 2. The van der Waals surface area contributed by atoms with Gasteiger partial charge in [0.25, 0.3) is 15.9 Å². The predicted molar refractivity (Wildman–Crippen MR) is 128 cm³/mol. The molecule has 0 bridgehead atoms. The Balaban J connectivity index is 1.79. The van der Waals surface area contributed by atoms with E-state index in [1.807, 2.05) is 23.5 Å². The molecule has 3 heterocycles. The molecule has 0 aliphatic carbocycles.